The molecule has 0 bridgehead atoms. The van der Waals surface area contributed by atoms with E-state index in [1.165, 1.54) is 15.6 Å². The summed E-state index contributed by atoms with van der Waals surface area (Å²) < 4.78 is 45.5. The number of nitrogens with one attached hydrogen (secondary N) is 1. The zero-order valence-electron chi connectivity index (χ0n) is 21.4. The van der Waals surface area contributed by atoms with Crippen molar-refractivity contribution in [2.75, 3.05) is 38.2 Å². The molecule has 0 saturated carbocycles. The maximum absolute atomic E-state index is 13.0. The van der Waals surface area contributed by atoms with E-state index < -0.39 is 10.0 Å². The average molecular weight is 580 g/mol. The quantitative estimate of drug-likeness (QED) is 0.348. The first-order chi connectivity index (χ1) is 19.4. The zero-order valence-corrected chi connectivity index (χ0v) is 23.1. The number of anilines is 1. The smallest absolute Gasteiger partial charge is 0.262 e. The summed E-state index contributed by atoms with van der Waals surface area (Å²) in [5, 5.41) is 9.39. The number of fused-ring (bicyclic) bond motifs is 1. The van der Waals surface area contributed by atoms with Crippen LogP contribution in [0.15, 0.2) is 79.4 Å². The van der Waals surface area contributed by atoms with Gasteiger partial charge in [-0.1, -0.05) is 0 Å². The molecule has 0 aliphatic carbocycles. The van der Waals surface area contributed by atoms with Gasteiger partial charge in [-0.25, -0.2) is 18.1 Å². The van der Waals surface area contributed by atoms with Crippen molar-refractivity contribution >= 4 is 44.9 Å². The van der Waals surface area contributed by atoms with Gasteiger partial charge in [-0.05, 0) is 61.5 Å². The summed E-state index contributed by atoms with van der Waals surface area (Å²) in [4.78, 5) is 17.4. The Kier molecular flexibility index (Phi) is 7.11. The van der Waals surface area contributed by atoms with Crippen molar-refractivity contribution in [3.8, 4) is 17.0 Å². The summed E-state index contributed by atoms with van der Waals surface area (Å²) in [6, 6.07) is 15.6. The molecule has 11 nitrogen and oxygen atoms in total. The lowest BCUT2D eigenvalue weighted by Crippen LogP contribution is -2.40. The van der Waals surface area contributed by atoms with E-state index in [1.54, 1.807) is 41.2 Å². The van der Waals surface area contributed by atoms with Gasteiger partial charge in [0.25, 0.3) is 5.91 Å². The van der Waals surface area contributed by atoms with E-state index in [9.17, 15) is 13.2 Å². The van der Waals surface area contributed by atoms with E-state index in [2.05, 4.69) is 10.4 Å². The Hall–Kier alpha value is -4.04. The van der Waals surface area contributed by atoms with E-state index in [0.29, 0.717) is 54.0 Å². The summed E-state index contributed by atoms with van der Waals surface area (Å²) in [6.45, 7) is 3.27. The average Bonchev–Trinajstić information content (AvgIpc) is 3.57. The van der Waals surface area contributed by atoms with Crippen molar-refractivity contribution in [1.29, 1.82) is 0 Å². The molecule has 206 valence electrons. The van der Waals surface area contributed by atoms with E-state index in [4.69, 9.17) is 18.9 Å². The number of benzene rings is 2. The number of aromatic nitrogens is 1. The van der Waals surface area contributed by atoms with Crippen molar-refractivity contribution in [2.24, 2.45) is 10.1 Å². The molecule has 1 fully saturated rings. The maximum Gasteiger partial charge on any atom is 0.262 e. The number of nitrogens with zero attached hydrogens (tertiary/aromatic N) is 4. The molecule has 0 atom stereocenters. The molecule has 40 heavy (non-hydrogen) atoms. The SMILES string of the molecule is Cc1ccc(C=Nn2c(-c3ccc4c(c3)NC(=O)CO4)csc2=Nc2ccc(S(=O)(=O)N3CCOCC3)cc2)o1. The fourth-order valence-corrected chi connectivity index (χ4v) is 6.57. The van der Waals surface area contributed by atoms with Crippen molar-refractivity contribution in [3.63, 3.8) is 0 Å². The van der Waals surface area contributed by atoms with Crippen molar-refractivity contribution < 1.29 is 27.1 Å². The summed E-state index contributed by atoms with van der Waals surface area (Å²) in [6.07, 6.45) is 1.60. The highest BCUT2D eigenvalue weighted by Gasteiger charge is 2.26. The van der Waals surface area contributed by atoms with Crippen molar-refractivity contribution in [3.05, 3.63) is 76.3 Å². The lowest BCUT2D eigenvalue weighted by Gasteiger charge is -2.26. The van der Waals surface area contributed by atoms with Crippen molar-refractivity contribution in [1.82, 2.24) is 8.98 Å². The molecule has 2 aromatic carbocycles. The molecular weight excluding hydrogens is 554 g/mol. The second-order valence-corrected chi connectivity index (χ2v) is 11.9. The minimum Gasteiger partial charge on any atom is -0.482 e. The summed E-state index contributed by atoms with van der Waals surface area (Å²) >= 11 is 1.37. The van der Waals surface area contributed by atoms with E-state index in [1.807, 2.05) is 36.6 Å². The largest absolute Gasteiger partial charge is 0.482 e. The lowest BCUT2D eigenvalue weighted by molar-refractivity contribution is -0.118. The summed E-state index contributed by atoms with van der Waals surface area (Å²) in [5.74, 6) is 1.72. The molecule has 1 amide bonds. The third kappa shape index (κ3) is 5.36. The monoisotopic (exact) mass is 579 g/mol. The van der Waals surface area contributed by atoms with Gasteiger partial charge in [-0.3, -0.25) is 4.79 Å². The second-order valence-electron chi connectivity index (χ2n) is 9.08. The minimum atomic E-state index is -3.61. The third-order valence-corrected chi connectivity index (χ3v) is 9.05. The van der Waals surface area contributed by atoms with Gasteiger partial charge in [-0.2, -0.15) is 9.41 Å². The predicted molar refractivity (Wildman–Crippen MR) is 150 cm³/mol. The molecule has 1 N–H and O–H groups in total. The van der Waals surface area contributed by atoms with Crippen LogP contribution in [0.1, 0.15) is 11.5 Å². The first kappa shape index (κ1) is 26.2. The molecule has 0 unspecified atom stereocenters. The standard InChI is InChI=1S/C27H25N5O6S2/c1-18-2-6-21(38-18)15-28-32-24(19-3-9-25-23(14-19)30-26(33)16-37-25)17-39-27(32)29-20-4-7-22(8-5-20)40(34,35)31-10-12-36-13-11-31/h2-9,14-15,17H,10-13,16H2,1H3,(H,30,33). The molecule has 2 aliphatic rings. The van der Waals surface area contributed by atoms with Crippen LogP contribution in [-0.4, -0.2) is 62.4 Å². The summed E-state index contributed by atoms with van der Waals surface area (Å²) in [7, 11) is -3.61. The van der Waals surface area contributed by atoms with Gasteiger partial charge in [-0.15, -0.1) is 11.3 Å². The van der Waals surface area contributed by atoms with Gasteiger partial charge >= 0.3 is 0 Å². The Morgan fingerprint density at radius 3 is 2.60 bits per heavy atom. The van der Waals surface area contributed by atoms with E-state index >= 15 is 0 Å². The number of ether oxygens (including phenoxy) is 2. The van der Waals surface area contributed by atoms with E-state index in [-0.39, 0.29) is 17.4 Å². The van der Waals surface area contributed by atoms with Crippen LogP contribution in [0.25, 0.3) is 11.3 Å². The topological polar surface area (TPSA) is 128 Å². The van der Waals surface area contributed by atoms with Crippen LogP contribution in [0, 0.1) is 6.92 Å². The molecule has 4 heterocycles. The van der Waals surface area contributed by atoms with Gasteiger partial charge in [0.1, 0.15) is 17.3 Å². The minimum absolute atomic E-state index is 0.0206. The number of rotatable bonds is 6. The number of amides is 1. The molecule has 2 aromatic heterocycles. The highest BCUT2D eigenvalue weighted by atomic mass is 32.2. The molecule has 1 saturated heterocycles. The zero-order chi connectivity index (χ0) is 27.7. The number of hydrogen-bond acceptors (Lipinski definition) is 9. The predicted octanol–water partition coefficient (Wildman–Crippen LogP) is 3.58. The van der Waals surface area contributed by atoms with Gasteiger partial charge < -0.3 is 19.2 Å². The number of carbonyl (C=O) groups excluding carboxylic acids is 1. The Morgan fingerprint density at radius 1 is 1.05 bits per heavy atom. The highest BCUT2D eigenvalue weighted by molar-refractivity contribution is 7.89. The number of morpholine rings is 1. The Bertz CT molecular complexity index is 1760. The number of carbonyl (C=O) groups is 1. The number of sulfonamides is 1. The van der Waals surface area contributed by atoms with Gasteiger partial charge in [0.15, 0.2) is 6.61 Å². The van der Waals surface area contributed by atoms with Crippen LogP contribution in [0.2, 0.25) is 0 Å². The molecule has 0 radical (unpaired) electrons. The number of hydrogen-bond donors (Lipinski definition) is 1. The maximum atomic E-state index is 13.0. The third-order valence-electron chi connectivity index (χ3n) is 6.32. The lowest BCUT2D eigenvalue weighted by atomic mass is 10.1. The van der Waals surface area contributed by atoms with Crippen molar-refractivity contribution in [2.45, 2.75) is 11.8 Å². The molecule has 0 spiro atoms. The number of aryl methyl sites for hydroxylation is 1. The fraction of sp³-hybridized carbons (Fsp3) is 0.222. The van der Waals surface area contributed by atoms with Gasteiger partial charge in [0.2, 0.25) is 14.8 Å². The normalized spacial score (nSPS) is 16.6. The van der Waals surface area contributed by atoms with Crippen LogP contribution in [-0.2, 0) is 19.6 Å². The highest BCUT2D eigenvalue weighted by Crippen LogP contribution is 2.33. The van der Waals surface area contributed by atoms with Crippen LogP contribution in [0.3, 0.4) is 0 Å². The van der Waals surface area contributed by atoms with Gasteiger partial charge in [0, 0.05) is 24.0 Å². The Labute approximate surface area is 234 Å². The molecule has 2 aliphatic heterocycles. The summed E-state index contributed by atoms with van der Waals surface area (Å²) in [5.41, 5.74) is 2.67. The van der Waals surface area contributed by atoms with E-state index in [0.717, 1.165) is 17.0 Å². The van der Waals surface area contributed by atoms with Crippen LogP contribution in [0.5, 0.6) is 5.75 Å². The number of thiazole rings is 1. The first-order valence-electron chi connectivity index (χ1n) is 12.5. The molecule has 13 heteroatoms. The van der Waals surface area contributed by atoms with Gasteiger partial charge in [0.05, 0.1) is 41.4 Å². The number of furan rings is 1. The fourth-order valence-electron chi connectivity index (χ4n) is 4.31. The molecule has 4 aromatic rings. The van der Waals surface area contributed by atoms with Crippen LogP contribution in [0.4, 0.5) is 11.4 Å². The molecular formula is C27H25N5O6S2. The van der Waals surface area contributed by atoms with Crippen LogP contribution >= 0.6 is 11.3 Å². The van der Waals surface area contributed by atoms with Crippen LogP contribution < -0.4 is 14.9 Å². The second kappa shape index (κ2) is 10.8. The molecule has 6 rings (SSSR count). The Balaban J connectivity index is 1.37. The Morgan fingerprint density at radius 2 is 1.85 bits per heavy atom. The first-order valence-corrected chi connectivity index (χ1v) is 14.8.